The number of benzene rings is 3. The number of carbonyl (C=O) groups excluding carboxylic acids is 2. The molecule has 1 aliphatic heterocycles. The number of allylic oxidation sites excluding steroid dienone is 1. The number of fused-ring (bicyclic) bond motifs is 1. The molecular weight excluding hydrogens is 359 g/mol. The Bertz CT molecular complexity index is 1130. The van der Waals surface area contributed by atoms with E-state index in [9.17, 15) is 14.0 Å². The van der Waals surface area contributed by atoms with E-state index < -0.39 is 11.8 Å². The summed E-state index contributed by atoms with van der Waals surface area (Å²) in [5, 5.41) is 0. The Balaban J connectivity index is 1.56. The van der Waals surface area contributed by atoms with Crippen LogP contribution in [0.4, 0.5) is 4.39 Å². The molecule has 138 valence electrons. The van der Waals surface area contributed by atoms with Crippen LogP contribution in [0.25, 0.3) is 6.08 Å². The van der Waals surface area contributed by atoms with Gasteiger partial charge >= 0.3 is 5.97 Å². The first-order valence-electron chi connectivity index (χ1n) is 8.62. The van der Waals surface area contributed by atoms with Crippen molar-refractivity contribution < 1.29 is 23.5 Å². The molecule has 0 saturated heterocycles. The largest absolute Gasteiger partial charge is 0.452 e. The van der Waals surface area contributed by atoms with Crippen molar-refractivity contribution >= 4 is 17.8 Å². The van der Waals surface area contributed by atoms with Gasteiger partial charge in [-0.3, -0.25) is 4.79 Å². The number of ketones is 1. The Kier molecular flexibility index (Phi) is 4.49. The highest BCUT2D eigenvalue weighted by atomic mass is 19.1. The Labute approximate surface area is 160 Å². The second-order valence-corrected chi connectivity index (χ2v) is 6.41. The standard InChI is InChI=1S/C23H15FO4/c1-14-4-2-5-15(10-14)11-21-22(25)19-9-8-18(13-20(19)28-21)27-23(26)16-6-3-7-17(24)12-16/h2-13H,1H3/b21-11-. The zero-order valence-corrected chi connectivity index (χ0v) is 14.9. The highest BCUT2D eigenvalue weighted by molar-refractivity contribution is 6.14. The van der Waals surface area contributed by atoms with Crippen LogP contribution in [0, 0.1) is 12.7 Å². The summed E-state index contributed by atoms with van der Waals surface area (Å²) in [5.41, 5.74) is 2.42. The number of rotatable bonds is 3. The minimum atomic E-state index is -0.695. The van der Waals surface area contributed by atoms with Crippen molar-refractivity contribution in [2.24, 2.45) is 0 Å². The van der Waals surface area contributed by atoms with Crippen molar-refractivity contribution in [1.29, 1.82) is 0 Å². The summed E-state index contributed by atoms with van der Waals surface area (Å²) in [7, 11) is 0. The lowest BCUT2D eigenvalue weighted by Crippen LogP contribution is -2.08. The molecule has 0 fully saturated rings. The fourth-order valence-electron chi connectivity index (χ4n) is 2.92. The summed E-state index contributed by atoms with van der Waals surface area (Å²) in [5.74, 6) is -0.734. The van der Waals surface area contributed by atoms with Gasteiger partial charge in [-0.05, 0) is 48.9 Å². The van der Waals surface area contributed by atoms with E-state index in [0.29, 0.717) is 11.3 Å². The van der Waals surface area contributed by atoms with Crippen molar-refractivity contribution in [2.45, 2.75) is 6.92 Å². The molecule has 0 unspecified atom stereocenters. The highest BCUT2D eigenvalue weighted by Gasteiger charge is 2.28. The molecule has 0 aromatic heterocycles. The number of ether oxygens (including phenoxy) is 2. The van der Waals surface area contributed by atoms with E-state index >= 15 is 0 Å². The average Bonchev–Trinajstić information content (AvgIpc) is 2.97. The molecule has 0 aliphatic carbocycles. The monoisotopic (exact) mass is 374 g/mol. The molecule has 3 aromatic rings. The topological polar surface area (TPSA) is 52.6 Å². The molecule has 1 aliphatic rings. The molecule has 0 atom stereocenters. The zero-order valence-electron chi connectivity index (χ0n) is 14.9. The van der Waals surface area contributed by atoms with Crippen LogP contribution in [0.2, 0.25) is 0 Å². The molecule has 0 N–H and O–H groups in total. The lowest BCUT2D eigenvalue weighted by molar-refractivity contribution is 0.0734. The fourth-order valence-corrected chi connectivity index (χ4v) is 2.92. The van der Waals surface area contributed by atoms with Gasteiger partial charge in [0.1, 0.15) is 17.3 Å². The van der Waals surface area contributed by atoms with E-state index in [1.807, 2.05) is 31.2 Å². The fraction of sp³-hybridized carbons (Fsp3) is 0.0435. The van der Waals surface area contributed by atoms with E-state index in [4.69, 9.17) is 9.47 Å². The van der Waals surface area contributed by atoms with E-state index in [1.165, 1.54) is 30.3 Å². The maximum absolute atomic E-state index is 13.3. The molecule has 0 amide bonds. The lowest BCUT2D eigenvalue weighted by Gasteiger charge is -2.05. The molecule has 28 heavy (non-hydrogen) atoms. The summed E-state index contributed by atoms with van der Waals surface area (Å²) in [6.07, 6.45) is 1.67. The average molecular weight is 374 g/mol. The van der Waals surface area contributed by atoms with E-state index in [-0.39, 0.29) is 22.9 Å². The number of hydrogen-bond donors (Lipinski definition) is 0. The molecule has 3 aromatic carbocycles. The van der Waals surface area contributed by atoms with Crippen molar-refractivity contribution in [3.05, 3.63) is 101 Å². The predicted molar refractivity (Wildman–Crippen MR) is 102 cm³/mol. The quantitative estimate of drug-likeness (QED) is 0.369. The van der Waals surface area contributed by atoms with Crippen LogP contribution in [0.15, 0.2) is 72.5 Å². The minimum absolute atomic E-state index is 0.0949. The Morgan fingerprint density at radius 3 is 2.64 bits per heavy atom. The zero-order chi connectivity index (χ0) is 19.7. The molecule has 0 bridgehead atoms. The highest BCUT2D eigenvalue weighted by Crippen LogP contribution is 2.35. The molecule has 4 rings (SSSR count). The predicted octanol–water partition coefficient (Wildman–Crippen LogP) is 4.97. The second kappa shape index (κ2) is 7.12. The van der Waals surface area contributed by atoms with Gasteiger partial charge < -0.3 is 9.47 Å². The normalized spacial score (nSPS) is 13.9. The minimum Gasteiger partial charge on any atom is -0.452 e. The summed E-state index contributed by atoms with van der Waals surface area (Å²) < 4.78 is 24.2. The van der Waals surface area contributed by atoms with Crippen LogP contribution in [-0.4, -0.2) is 11.8 Å². The van der Waals surface area contributed by atoms with Crippen LogP contribution in [-0.2, 0) is 0 Å². The van der Waals surface area contributed by atoms with Crippen molar-refractivity contribution in [2.75, 3.05) is 0 Å². The van der Waals surface area contributed by atoms with Crippen LogP contribution in [0.1, 0.15) is 31.8 Å². The second-order valence-electron chi connectivity index (χ2n) is 6.41. The maximum atomic E-state index is 13.3. The summed E-state index contributed by atoms with van der Waals surface area (Å²) >= 11 is 0. The van der Waals surface area contributed by atoms with Gasteiger partial charge in [-0.25, -0.2) is 9.18 Å². The Morgan fingerprint density at radius 2 is 1.86 bits per heavy atom. The van der Waals surface area contributed by atoms with Gasteiger partial charge in [0.05, 0.1) is 11.1 Å². The number of Topliss-reactive ketones (excluding diaryl/α,β-unsaturated/α-hetero) is 1. The molecule has 0 saturated carbocycles. The van der Waals surface area contributed by atoms with Crippen molar-refractivity contribution in [3.8, 4) is 11.5 Å². The number of aryl methyl sites for hydroxylation is 1. The van der Waals surface area contributed by atoms with Gasteiger partial charge in [0.25, 0.3) is 0 Å². The first-order chi connectivity index (χ1) is 13.5. The molecule has 4 nitrogen and oxygen atoms in total. The first kappa shape index (κ1) is 17.7. The van der Waals surface area contributed by atoms with Gasteiger partial charge in [-0.1, -0.05) is 35.9 Å². The Morgan fingerprint density at radius 1 is 1.04 bits per heavy atom. The third kappa shape index (κ3) is 3.55. The molecule has 0 radical (unpaired) electrons. The van der Waals surface area contributed by atoms with E-state index in [0.717, 1.165) is 17.2 Å². The van der Waals surface area contributed by atoms with Crippen LogP contribution in [0.3, 0.4) is 0 Å². The molecule has 5 heteroatoms. The number of halogens is 1. The summed E-state index contributed by atoms with van der Waals surface area (Å²) in [6, 6.07) is 17.4. The maximum Gasteiger partial charge on any atom is 0.343 e. The first-order valence-corrected chi connectivity index (χ1v) is 8.62. The summed E-state index contributed by atoms with van der Waals surface area (Å²) in [4.78, 5) is 24.7. The lowest BCUT2D eigenvalue weighted by atomic mass is 10.1. The number of hydrogen-bond acceptors (Lipinski definition) is 4. The smallest absolute Gasteiger partial charge is 0.343 e. The van der Waals surface area contributed by atoms with Crippen LogP contribution < -0.4 is 9.47 Å². The SMILES string of the molecule is Cc1cccc(/C=C2\Oc3cc(OC(=O)c4cccc(F)c4)ccc3C2=O)c1. The van der Waals surface area contributed by atoms with Crippen LogP contribution in [0.5, 0.6) is 11.5 Å². The third-order valence-corrected chi connectivity index (χ3v) is 4.25. The summed E-state index contributed by atoms with van der Waals surface area (Å²) in [6.45, 7) is 1.97. The van der Waals surface area contributed by atoms with Crippen molar-refractivity contribution in [3.63, 3.8) is 0 Å². The number of carbonyl (C=O) groups is 2. The third-order valence-electron chi connectivity index (χ3n) is 4.25. The van der Waals surface area contributed by atoms with Gasteiger partial charge in [0, 0.05) is 6.07 Å². The van der Waals surface area contributed by atoms with Gasteiger partial charge in [-0.2, -0.15) is 0 Å². The number of esters is 1. The molecular formula is C23H15FO4. The molecule has 1 heterocycles. The molecule has 0 spiro atoms. The van der Waals surface area contributed by atoms with Crippen LogP contribution >= 0.6 is 0 Å². The van der Waals surface area contributed by atoms with Crippen molar-refractivity contribution in [1.82, 2.24) is 0 Å². The van der Waals surface area contributed by atoms with E-state index in [1.54, 1.807) is 12.1 Å². The Hall–Kier alpha value is -3.73. The van der Waals surface area contributed by atoms with E-state index in [2.05, 4.69) is 0 Å². The van der Waals surface area contributed by atoms with Gasteiger partial charge in [-0.15, -0.1) is 0 Å². The van der Waals surface area contributed by atoms with Gasteiger partial charge in [0.15, 0.2) is 5.76 Å². The van der Waals surface area contributed by atoms with Gasteiger partial charge in [0.2, 0.25) is 5.78 Å².